The second kappa shape index (κ2) is 10.6. The minimum absolute atomic E-state index is 0.0167. The molecule has 0 aliphatic carbocycles. The number of carboxylic acids is 1. The van der Waals surface area contributed by atoms with Crippen LogP contribution < -0.4 is 21.3 Å². The smallest absolute Gasteiger partial charge is 0.326 e. The topological polar surface area (TPSA) is 157 Å². The van der Waals surface area contributed by atoms with Crippen molar-refractivity contribution in [2.45, 2.75) is 57.3 Å². The van der Waals surface area contributed by atoms with Crippen molar-refractivity contribution in [3.05, 3.63) is 29.8 Å². The van der Waals surface area contributed by atoms with Gasteiger partial charge in [-0.2, -0.15) is 0 Å². The third-order valence-corrected chi connectivity index (χ3v) is 4.87. The van der Waals surface area contributed by atoms with Crippen LogP contribution in [0.15, 0.2) is 24.3 Å². The number of benzene rings is 1. The van der Waals surface area contributed by atoms with Crippen molar-refractivity contribution in [2.24, 2.45) is 0 Å². The summed E-state index contributed by atoms with van der Waals surface area (Å²) in [6.45, 7) is 3.70. The highest BCUT2D eigenvalue weighted by Gasteiger charge is 2.28. The van der Waals surface area contributed by atoms with E-state index in [1.807, 2.05) is 0 Å². The number of carbonyl (C=O) groups excluding carboxylic acids is 3. The van der Waals surface area contributed by atoms with Gasteiger partial charge in [0, 0.05) is 6.42 Å². The van der Waals surface area contributed by atoms with Crippen LogP contribution in [0.4, 0.5) is 0 Å². The summed E-state index contributed by atoms with van der Waals surface area (Å²) >= 11 is 0. The lowest BCUT2D eigenvalue weighted by Crippen LogP contribution is -2.55. The monoisotopic (exact) mass is 420 g/mol. The van der Waals surface area contributed by atoms with E-state index >= 15 is 0 Å². The van der Waals surface area contributed by atoms with Crippen LogP contribution in [0.3, 0.4) is 0 Å². The number of aliphatic carboxylic acids is 1. The minimum atomic E-state index is -1.22. The highest BCUT2D eigenvalue weighted by Crippen LogP contribution is 2.11. The Hall–Kier alpha value is -3.14. The van der Waals surface area contributed by atoms with E-state index in [1.165, 1.54) is 26.0 Å². The van der Waals surface area contributed by atoms with Gasteiger partial charge in [-0.3, -0.25) is 14.4 Å². The molecule has 0 aromatic heterocycles. The zero-order valence-electron chi connectivity index (χ0n) is 17.0. The van der Waals surface area contributed by atoms with Crippen molar-refractivity contribution < 1.29 is 29.4 Å². The molecule has 1 aliphatic heterocycles. The molecule has 0 radical (unpaired) electrons. The number of aromatic hydroxyl groups is 1. The van der Waals surface area contributed by atoms with Gasteiger partial charge in [0.15, 0.2) is 0 Å². The van der Waals surface area contributed by atoms with Crippen LogP contribution in [0.25, 0.3) is 0 Å². The van der Waals surface area contributed by atoms with Crippen molar-refractivity contribution >= 4 is 23.7 Å². The second-order valence-corrected chi connectivity index (χ2v) is 7.38. The number of phenolic OH excluding ortho intramolecular Hbond substituents is 1. The molecule has 164 valence electrons. The summed E-state index contributed by atoms with van der Waals surface area (Å²) in [4.78, 5) is 48.2. The Bertz CT molecular complexity index is 776. The zero-order chi connectivity index (χ0) is 22.3. The van der Waals surface area contributed by atoms with Crippen LogP contribution in [-0.2, 0) is 25.6 Å². The number of hydrogen-bond donors (Lipinski definition) is 6. The predicted octanol–water partition coefficient (Wildman–Crippen LogP) is -0.734. The molecule has 0 saturated carbocycles. The standard InChI is InChI=1S/C20H28N4O6/c1-11(23-19(28)15-4-3-9-21-15)17(26)22-12(2)18(27)24-16(20(29)30)10-13-5-7-14(25)8-6-13/h5-8,11-12,15-16,21,25H,3-4,9-10H2,1-2H3,(H,22,26)(H,23,28)(H,24,27)(H,29,30). The molecule has 4 atom stereocenters. The Morgan fingerprint density at radius 1 is 1.03 bits per heavy atom. The molecule has 1 saturated heterocycles. The number of carboxylic acid groups (broad SMARTS) is 1. The van der Waals surface area contributed by atoms with Gasteiger partial charge in [0.1, 0.15) is 23.9 Å². The number of phenols is 1. The van der Waals surface area contributed by atoms with Crippen molar-refractivity contribution in [1.82, 2.24) is 21.3 Å². The van der Waals surface area contributed by atoms with E-state index in [1.54, 1.807) is 12.1 Å². The Labute approximate surface area is 174 Å². The second-order valence-electron chi connectivity index (χ2n) is 7.38. The molecule has 1 aliphatic rings. The fourth-order valence-electron chi connectivity index (χ4n) is 3.06. The molecule has 0 bridgehead atoms. The van der Waals surface area contributed by atoms with Gasteiger partial charge in [-0.1, -0.05) is 12.1 Å². The fraction of sp³-hybridized carbons (Fsp3) is 0.500. The van der Waals surface area contributed by atoms with Crippen LogP contribution in [0.2, 0.25) is 0 Å². The normalized spacial score (nSPS) is 18.7. The van der Waals surface area contributed by atoms with E-state index in [4.69, 9.17) is 0 Å². The molecule has 10 heteroatoms. The number of carbonyl (C=O) groups is 4. The average molecular weight is 420 g/mol. The molecule has 0 spiro atoms. The molecule has 1 fully saturated rings. The van der Waals surface area contributed by atoms with Crippen molar-refractivity contribution in [2.75, 3.05) is 6.54 Å². The number of amides is 3. The summed E-state index contributed by atoms with van der Waals surface area (Å²) in [6.07, 6.45) is 1.62. The summed E-state index contributed by atoms with van der Waals surface area (Å²) in [6, 6.07) is 2.61. The first-order valence-corrected chi connectivity index (χ1v) is 9.82. The summed E-state index contributed by atoms with van der Waals surface area (Å²) < 4.78 is 0. The van der Waals surface area contributed by atoms with Crippen LogP contribution in [0, 0.1) is 0 Å². The summed E-state index contributed by atoms with van der Waals surface area (Å²) in [5.41, 5.74) is 0.619. The van der Waals surface area contributed by atoms with Gasteiger partial charge in [0.2, 0.25) is 17.7 Å². The van der Waals surface area contributed by atoms with E-state index < -0.39 is 35.9 Å². The van der Waals surface area contributed by atoms with Gasteiger partial charge in [0.25, 0.3) is 0 Å². The average Bonchev–Trinajstić information content (AvgIpc) is 3.23. The van der Waals surface area contributed by atoms with Gasteiger partial charge in [-0.25, -0.2) is 4.79 Å². The largest absolute Gasteiger partial charge is 0.508 e. The Morgan fingerprint density at radius 2 is 1.63 bits per heavy atom. The van der Waals surface area contributed by atoms with E-state index in [2.05, 4.69) is 21.3 Å². The molecule has 10 nitrogen and oxygen atoms in total. The molecular weight excluding hydrogens is 392 g/mol. The third kappa shape index (κ3) is 6.73. The van der Waals surface area contributed by atoms with Gasteiger partial charge in [-0.15, -0.1) is 0 Å². The summed E-state index contributed by atoms with van der Waals surface area (Å²) in [5.74, 6) is -2.65. The van der Waals surface area contributed by atoms with Crippen molar-refractivity contribution in [1.29, 1.82) is 0 Å². The molecule has 1 aromatic rings. The van der Waals surface area contributed by atoms with Gasteiger partial charge in [0.05, 0.1) is 6.04 Å². The van der Waals surface area contributed by atoms with Crippen LogP contribution >= 0.6 is 0 Å². The molecule has 1 aromatic carbocycles. The van der Waals surface area contributed by atoms with Crippen molar-refractivity contribution in [3.8, 4) is 5.75 Å². The number of hydrogen-bond acceptors (Lipinski definition) is 6. The van der Waals surface area contributed by atoms with Gasteiger partial charge in [-0.05, 0) is 50.9 Å². The van der Waals surface area contributed by atoms with Crippen molar-refractivity contribution in [3.63, 3.8) is 0 Å². The quantitative estimate of drug-likeness (QED) is 0.307. The maximum atomic E-state index is 12.4. The van der Waals surface area contributed by atoms with E-state index in [0.29, 0.717) is 12.0 Å². The highest BCUT2D eigenvalue weighted by molar-refractivity contribution is 5.93. The number of nitrogens with one attached hydrogen (secondary N) is 4. The minimum Gasteiger partial charge on any atom is -0.508 e. The molecule has 4 unspecified atom stereocenters. The van der Waals surface area contributed by atoms with Crippen LogP contribution in [0.5, 0.6) is 5.75 Å². The van der Waals surface area contributed by atoms with Crippen LogP contribution in [0.1, 0.15) is 32.3 Å². The maximum Gasteiger partial charge on any atom is 0.326 e. The SMILES string of the molecule is CC(NC(=O)C(C)NC(=O)C1CCCN1)C(=O)NC(Cc1ccc(O)cc1)C(=O)O. The lowest BCUT2D eigenvalue weighted by molar-refractivity contribution is -0.142. The Kier molecular flexibility index (Phi) is 8.16. The first-order chi connectivity index (χ1) is 14.2. The van der Waals surface area contributed by atoms with Gasteiger partial charge >= 0.3 is 5.97 Å². The summed E-state index contributed by atoms with van der Waals surface area (Å²) in [5, 5.41) is 29.2. The van der Waals surface area contributed by atoms with E-state index in [9.17, 15) is 29.4 Å². The molecule has 3 amide bonds. The molecule has 1 heterocycles. The lowest BCUT2D eigenvalue weighted by atomic mass is 10.1. The first-order valence-electron chi connectivity index (χ1n) is 9.82. The fourth-order valence-corrected chi connectivity index (χ4v) is 3.06. The lowest BCUT2D eigenvalue weighted by Gasteiger charge is -2.21. The number of rotatable bonds is 9. The summed E-state index contributed by atoms with van der Waals surface area (Å²) in [7, 11) is 0. The van der Waals surface area contributed by atoms with E-state index in [0.717, 1.165) is 13.0 Å². The molecule has 6 N–H and O–H groups in total. The molecule has 30 heavy (non-hydrogen) atoms. The van der Waals surface area contributed by atoms with Gasteiger partial charge < -0.3 is 31.5 Å². The predicted molar refractivity (Wildman–Crippen MR) is 108 cm³/mol. The third-order valence-electron chi connectivity index (χ3n) is 4.87. The highest BCUT2D eigenvalue weighted by atomic mass is 16.4. The Balaban J connectivity index is 1.86. The zero-order valence-corrected chi connectivity index (χ0v) is 17.0. The first kappa shape index (κ1) is 23.1. The van der Waals surface area contributed by atoms with E-state index in [-0.39, 0.29) is 24.1 Å². The molecule has 2 rings (SSSR count). The maximum absolute atomic E-state index is 12.4. The molecular formula is C20H28N4O6. The van der Waals surface area contributed by atoms with Crippen LogP contribution in [-0.4, -0.2) is 64.6 Å². The Morgan fingerprint density at radius 3 is 2.20 bits per heavy atom.